The minimum Gasteiger partial charge on any atom is -0.478 e. The maximum atomic E-state index is 11.2. The summed E-state index contributed by atoms with van der Waals surface area (Å²) < 4.78 is 0. The van der Waals surface area contributed by atoms with Gasteiger partial charge in [0.2, 0.25) is 0 Å². The minimum absolute atomic E-state index is 0.182. The highest BCUT2D eigenvalue weighted by atomic mass is 35.5. The van der Waals surface area contributed by atoms with Crippen LogP contribution < -0.4 is 10.6 Å². The number of halogens is 1. The molecule has 1 heterocycles. The van der Waals surface area contributed by atoms with Crippen LogP contribution in [0.5, 0.6) is 0 Å². The Kier molecular flexibility index (Phi) is 3.69. The normalized spacial score (nSPS) is 15.9. The molecule has 2 rings (SSSR count). The van der Waals surface area contributed by atoms with Crippen LogP contribution in [-0.4, -0.2) is 35.7 Å². The Bertz CT molecular complexity index is 447. The molecule has 1 aliphatic heterocycles. The van der Waals surface area contributed by atoms with Gasteiger partial charge in [-0.1, -0.05) is 11.6 Å². The van der Waals surface area contributed by atoms with E-state index in [-0.39, 0.29) is 5.56 Å². The number of thioether (sulfide) groups is 1. The van der Waals surface area contributed by atoms with Gasteiger partial charge in [0.15, 0.2) is 0 Å². The van der Waals surface area contributed by atoms with E-state index in [0.717, 1.165) is 24.6 Å². The van der Waals surface area contributed by atoms with Gasteiger partial charge >= 0.3 is 5.97 Å². The van der Waals surface area contributed by atoms with E-state index in [1.807, 2.05) is 16.7 Å². The topological polar surface area (TPSA) is 66.6 Å². The molecule has 0 aliphatic carbocycles. The average molecular weight is 273 g/mol. The summed E-state index contributed by atoms with van der Waals surface area (Å²) >= 11 is 7.98. The number of rotatable bonds is 2. The smallest absolute Gasteiger partial charge is 0.337 e. The van der Waals surface area contributed by atoms with Crippen molar-refractivity contribution in [3.8, 4) is 0 Å². The largest absolute Gasteiger partial charge is 0.478 e. The summed E-state index contributed by atoms with van der Waals surface area (Å²) in [6.07, 6.45) is 0. The number of hydrogen-bond donors (Lipinski definition) is 2. The highest BCUT2D eigenvalue weighted by Crippen LogP contribution is 2.33. The molecule has 1 aromatic rings. The molecule has 1 saturated heterocycles. The first-order valence-electron chi connectivity index (χ1n) is 5.24. The lowest BCUT2D eigenvalue weighted by Gasteiger charge is -2.30. The summed E-state index contributed by atoms with van der Waals surface area (Å²) in [4.78, 5) is 13.2. The van der Waals surface area contributed by atoms with E-state index in [1.165, 1.54) is 6.07 Å². The molecule has 0 spiro atoms. The van der Waals surface area contributed by atoms with Gasteiger partial charge in [-0.3, -0.25) is 0 Å². The lowest BCUT2D eigenvalue weighted by molar-refractivity contribution is 0.0697. The van der Waals surface area contributed by atoms with Crippen LogP contribution in [0.25, 0.3) is 0 Å². The fourth-order valence-electron chi connectivity index (χ4n) is 1.89. The lowest BCUT2D eigenvalue weighted by atomic mass is 10.1. The third-order valence-electron chi connectivity index (χ3n) is 2.64. The summed E-state index contributed by atoms with van der Waals surface area (Å²) in [6, 6.07) is 3.07. The van der Waals surface area contributed by atoms with Gasteiger partial charge in [-0.25, -0.2) is 4.79 Å². The van der Waals surface area contributed by atoms with Gasteiger partial charge in [-0.2, -0.15) is 11.8 Å². The van der Waals surface area contributed by atoms with Crippen LogP contribution in [0.15, 0.2) is 12.1 Å². The van der Waals surface area contributed by atoms with Gasteiger partial charge in [0.05, 0.1) is 16.3 Å². The van der Waals surface area contributed by atoms with Crippen molar-refractivity contribution in [2.45, 2.75) is 0 Å². The molecule has 17 heavy (non-hydrogen) atoms. The SMILES string of the molecule is Nc1cc(Cl)c(N2CCSCC2)c(C(=O)O)c1. The second-order valence-corrected chi connectivity index (χ2v) is 5.44. The molecular formula is C11H13ClN2O2S. The summed E-state index contributed by atoms with van der Waals surface area (Å²) in [6.45, 7) is 1.63. The van der Waals surface area contributed by atoms with Crippen molar-refractivity contribution >= 4 is 40.7 Å². The first-order chi connectivity index (χ1) is 8.09. The number of carboxylic acid groups (broad SMARTS) is 1. The van der Waals surface area contributed by atoms with Gasteiger partial charge in [0, 0.05) is 30.3 Å². The molecule has 0 amide bonds. The maximum Gasteiger partial charge on any atom is 0.337 e. The second kappa shape index (κ2) is 5.06. The standard InChI is InChI=1S/C11H13ClN2O2S/c12-9-6-7(13)5-8(11(15)16)10(9)14-1-3-17-4-2-14/h5-6H,1-4,13H2,(H,15,16). The molecule has 1 aromatic carbocycles. The second-order valence-electron chi connectivity index (χ2n) is 3.80. The van der Waals surface area contributed by atoms with Crippen molar-refractivity contribution in [3.63, 3.8) is 0 Å². The zero-order chi connectivity index (χ0) is 12.4. The number of nitrogens with zero attached hydrogens (tertiary/aromatic N) is 1. The van der Waals surface area contributed by atoms with E-state index < -0.39 is 5.97 Å². The van der Waals surface area contributed by atoms with Crippen molar-refractivity contribution in [2.24, 2.45) is 0 Å². The van der Waals surface area contributed by atoms with Crippen LogP contribution in [0.1, 0.15) is 10.4 Å². The van der Waals surface area contributed by atoms with Gasteiger partial charge in [-0.05, 0) is 12.1 Å². The van der Waals surface area contributed by atoms with Crippen LogP contribution in [0.3, 0.4) is 0 Å². The first kappa shape index (κ1) is 12.4. The van der Waals surface area contributed by atoms with E-state index in [9.17, 15) is 9.90 Å². The van der Waals surface area contributed by atoms with E-state index in [4.69, 9.17) is 17.3 Å². The molecule has 0 radical (unpaired) electrons. The molecular weight excluding hydrogens is 260 g/mol. The Labute approximate surface area is 109 Å². The fraction of sp³-hybridized carbons (Fsp3) is 0.364. The molecule has 0 saturated carbocycles. The number of carboxylic acids is 1. The molecule has 0 unspecified atom stereocenters. The molecule has 4 nitrogen and oxygen atoms in total. The number of benzene rings is 1. The fourth-order valence-corrected chi connectivity index (χ4v) is 3.14. The number of carbonyl (C=O) groups is 1. The van der Waals surface area contributed by atoms with E-state index in [0.29, 0.717) is 16.4 Å². The highest BCUT2D eigenvalue weighted by Gasteiger charge is 2.21. The van der Waals surface area contributed by atoms with Gasteiger partial charge in [0.1, 0.15) is 0 Å². The molecule has 0 aromatic heterocycles. The Balaban J connectivity index is 2.46. The van der Waals surface area contributed by atoms with Crippen LogP contribution in [-0.2, 0) is 0 Å². The van der Waals surface area contributed by atoms with Crippen molar-refractivity contribution < 1.29 is 9.90 Å². The number of nitrogens with two attached hydrogens (primary N) is 1. The van der Waals surface area contributed by atoms with Crippen LogP contribution in [0.4, 0.5) is 11.4 Å². The summed E-state index contributed by atoms with van der Waals surface area (Å²) in [5, 5.41) is 9.61. The number of anilines is 2. The van der Waals surface area contributed by atoms with Crippen molar-refractivity contribution in [3.05, 3.63) is 22.7 Å². The van der Waals surface area contributed by atoms with Crippen molar-refractivity contribution in [2.75, 3.05) is 35.2 Å². The molecule has 1 fully saturated rings. The molecule has 1 aliphatic rings. The zero-order valence-electron chi connectivity index (χ0n) is 9.15. The quantitative estimate of drug-likeness (QED) is 0.808. The Morgan fingerprint density at radius 2 is 2.06 bits per heavy atom. The predicted molar refractivity (Wildman–Crippen MR) is 72.4 cm³/mol. The number of nitrogen functional groups attached to an aromatic ring is 1. The van der Waals surface area contributed by atoms with Crippen LogP contribution in [0.2, 0.25) is 5.02 Å². The van der Waals surface area contributed by atoms with E-state index in [2.05, 4.69) is 0 Å². The Morgan fingerprint density at radius 1 is 1.41 bits per heavy atom. The third kappa shape index (κ3) is 2.61. The number of aromatic carboxylic acids is 1. The minimum atomic E-state index is -0.993. The van der Waals surface area contributed by atoms with Crippen LogP contribution in [0, 0.1) is 0 Å². The average Bonchev–Trinajstić information content (AvgIpc) is 2.29. The summed E-state index contributed by atoms with van der Waals surface area (Å²) in [5.74, 6) is 0.979. The van der Waals surface area contributed by atoms with Crippen molar-refractivity contribution in [1.29, 1.82) is 0 Å². The Hall–Kier alpha value is -1.07. The monoisotopic (exact) mass is 272 g/mol. The zero-order valence-corrected chi connectivity index (χ0v) is 10.7. The van der Waals surface area contributed by atoms with Crippen LogP contribution >= 0.6 is 23.4 Å². The lowest BCUT2D eigenvalue weighted by Crippen LogP contribution is -2.33. The first-order valence-corrected chi connectivity index (χ1v) is 6.78. The van der Waals surface area contributed by atoms with E-state index in [1.54, 1.807) is 6.07 Å². The summed E-state index contributed by atoms with van der Waals surface area (Å²) in [7, 11) is 0. The maximum absolute atomic E-state index is 11.2. The van der Waals surface area contributed by atoms with Gasteiger partial charge in [0.25, 0.3) is 0 Å². The molecule has 0 bridgehead atoms. The van der Waals surface area contributed by atoms with Gasteiger partial charge < -0.3 is 15.7 Å². The van der Waals surface area contributed by atoms with Crippen molar-refractivity contribution in [1.82, 2.24) is 0 Å². The highest BCUT2D eigenvalue weighted by molar-refractivity contribution is 7.99. The third-order valence-corrected chi connectivity index (χ3v) is 3.87. The number of hydrogen-bond acceptors (Lipinski definition) is 4. The summed E-state index contributed by atoms with van der Waals surface area (Å²) in [5.41, 5.74) is 6.78. The van der Waals surface area contributed by atoms with E-state index >= 15 is 0 Å². The molecule has 6 heteroatoms. The Morgan fingerprint density at radius 3 is 2.65 bits per heavy atom. The predicted octanol–water partition coefficient (Wildman–Crippen LogP) is 2.17. The molecule has 0 atom stereocenters. The van der Waals surface area contributed by atoms with Gasteiger partial charge in [-0.15, -0.1) is 0 Å². The molecule has 92 valence electrons. The molecule has 3 N–H and O–H groups in total.